The second-order valence-corrected chi connectivity index (χ2v) is 7.51. The molecule has 5 heteroatoms. The minimum atomic E-state index is 0.835. The van der Waals surface area contributed by atoms with Crippen LogP contribution in [0, 0.1) is 13.8 Å². The number of nitrogens with zero attached hydrogens (tertiary/aromatic N) is 2. The molecule has 1 aliphatic carbocycles. The molecule has 3 nitrogen and oxygen atoms in total. The quantitative estimate of drug-likeness (QED) is 0.651. The van der Waals surface area contributed by atoms with Gasteiger partial charge < -0.3 is 4.74 Å². The van der Waals surface area contributed by atoms with Crippen LogP contribution in [0.2, 0.25) is 0 Å². The summed E-state index contributed by atoms with van der Waals surface area (Å²) >= 11 is 3.32. The predicted molar refractivity (Wildman–Crippen MR) is 91.2 cm³/mol. The fraction of sp³-hybridized carbons (Fsp3) is 0.294. The van der Waals surface area contributed by atoms with Crippen molar-refractivity contribution >= 4 is 22.9 Å². The summed E-state index contributed by atoms with van der Waals surface area (Å²) in [6, 6.07) is 3.90. The predicted octanol–water partition coefficient (Wildman–Crippen LogP) is 5.16. The summed E-state index contributed by atoms with van der Waals surface area (Å²) in [5, 5.41) is 0.982. The van der Waals surface area contributed by atoms with E-state index in [1.165, 1.54) is 32.9 Å². The van der Waals surface area contributed by atoms with Crippen molar-refractivity contribution in [1.82, 2.24) is 9.36 Å². The van der Waals surface area contributed by atoms with E-state index in [2.05, 4.69) is 16.3 Å². The zero-order chi connectivity index (χ0) is 15.1. The van der Waals surface area contributed by atoms with Crippen molar-refractivity contribution in [2.24, 2.45) is 0 Å². The Morgan fingerprint density at radius 1 is 1.23 bits per heavy atom. The molecule has 3 heterocycles. The van der Waals surface area contributed by atoms with E-state index in [9.17, 15) is 0 Å². The van der Waals surface area contributed by atoms with E-state index in [4.69, 9.17) is 4.74 Å². The molecule has 0 amide bonds. The summed E-state index contributed by atoms with van der Waals surface area (Å²) in [6.45, 7) is 4.17. The van der Waals surface area contributed by atoms with Gasteiger partial charge in [-0.15, -0.1) is 11.3 Å². The maximum atomic E-state index is 6.25. The van der Waals surface area contributed by atoms with E-state index >= 15 is 0 Å². The molecule has 22 heavy (non-hydrogen) atoms. The first kappa shape index (κ1) is 13.9. The first-order chi connectivity index (χ1) is 10.7. The third-order valence-electron chi connectivity index (χ3n) is 4.08. The van der Waals surface area contributed by atoms with Crippen molar-refractivity contribution in [3.05, 3.63) is 46.2 Å². The van der Waals surface area contributed by atoms with Crippen LogP contribution in [0.3, 0.4) is 0 Å². The number of thiophene rings is 1. The van der Waals surface area contributed by atoms with Gasteiger partial charge in [-0.3, -0.25) is 4.98 Å². The number of hydrogen-bond donors (Lipinski definition) is 0. The molecule has 0 N–H and O–H groups in total. The van der Waals surface area contributed by atoms with Gasteiger partial charge in [-0.05, 0) is 67.9 Å². The average Bonchev–Trinajstić information content (AvgIpc) is 3.02. The van der Waals surface area contributed by atoms with E-state index in [0.717, 1.165) is 29.3 Å². The Kier molecular flexibility index (Phi) is 3.47. The van der Waals surface area contributed by atoms with Gasteiger partial charge in [0.25, 0.3) is 0 Å². The lowest BCUT2D eigenvalue weighted by Gasteiger charge is -2.08. The van der Waals surface area contributed by atoms with E-state index in [-0.39, 0.29) is 0 Å². The Morgan fingerprint density at radius 3 is 3.00 bits per heavy atom. The molecule has 0 unspecified atom stereocenters. The number of aryl methyl sites for hydroxylation is 3. The largest absolute Gasteiger partial charge is 0.444 e. The van der Waals surface area contributed by atoms with Crippen LogP contribution < -0.4 is 4.74 Å². The monoisotopic (exact) mass is 328 g/mol. The lowest BCUT2D eigenvalue weighted by atomic mass is 10.1. The molecule has 0 aromatic carbocycles. The maximum Gasteiger partial charge on any atom is 0.190 e. The highest BCUT2D eigenvalue weighted by molar-refractivity contribution is 7.15. The summed E-state index contributed by atoms with van der Waals surface area (Å²) in [6.07, 6.45) is 7.22. The molecule has 0 aliphatic heterocycles. The SMILES string of the molecule is Cc1ncccc1Oc1sc(C)c2c1-c1sncc1CCC2. The number of hydrogen-bond acceptors (Lipinski definition) is 5. The second kappa shape index (κ2) is 5.48. The van der Waals surface area contributed by atoms with Crippen LogP contribution in [0.25, 0.3) is 10.4 Å². The van der Waals surface area contributed by atoms with Crippen molar-refractivity contribution in [3.8, 4) is 21.3 Å². The summed E-state index contributed by atoms with van der Waals surface area (Å²) in [4.78, 5) is 6.96. The number of ether oxygens (including phenoxy) is 1. The Labute approximate surface area is 137 Å². The average molecular weight is 328 g/mol. The summed E-state index contributed by atoms with van der Waals surface area (Å²) < 4.78 is 10.6. The van der Waals surface area contributed by atoms with Gasteiger partial charge >= 0.3 is 0 Å². The summed E-state index contributed by atoms with van der Waals surface area (Å²) in [5.41, 5.74) is 4.97. The number of fused-ring (bicyclic) bond motifs is 3. The molecule has 1 aliphatic rings. The first-order valence-corrected chi connectivity index (χ1v) is 8.98. The Balaban J connectivity index is 1.85. The fourth-order valence-corrected chi connectivity index (χ4v) is 4.92. The van der Waals surface area contributed by atoms with Crippen LogP contribution in [0.4, 0.5) is 0 Å². The number of aromatic nitrogens is 2. The van der Waals surface area contributed by atoms with Crippen molar-refractivity contribution in [3.63, 3.8) is 0 Å². The van der Waals surface area contributed by atoms with Crippen LogP contribution in [-0.4, -0.2) is 9.36 Å². The van der Waals surface area contributed by atoms with Gasteiger partial charge in [0.05, 0.1) is 16.1 Å². The molecule has 0 saturated heterocycles. The van der Waals surface area contributed by atoms with E-state index < -0.39 is 0 Å². The topological polar surface area (TPSA) is 35.0 Å². The van der Waals surface area contributed by atoms with Crippen molar-refractivity contribution in [2.75, 3.05) is 0 Å². The highest BCUT2D eigenvalue weighted by atomic mass is 32.1. The Morgan fingerprint density at radius 2 is 2.14 bits per heavy atom. The van der Waals surface area contributed by atoms with Gasteiger partial charge in [0, 0.05) is 17.3 Å². The van der Waals surface area contributed by atoms with Crippen molar-refractivity contribution in [2.45, 2.75) is 33.1 Å². The standard InChI is InChI=1S/C17H16N2OS2/c1-10-14(7-4-8-18-10)20-17-15-13(11(2)21-17)6-3-5-12-9-19-22-16(12)15/h4,7-9H,3,5-6H2,1-2H3. The molecule has 0 saturated carbocycles. The van der Waals surface area contributed by atoms with Gasteiger partial charge in [-0.25, -0.2) is 4.37 Å². The number of pyridine rings is 1. The summed E-state index contributed by atoms with van der Waals surface area (Å²) in [5.74, 6) is 0.835. The van der Waals surface area contributed by atoms with Gasteiger partial charge in [0.2, 0.25) is 0 Å². The van der Waals surface area contributed by atoms with Crippen molar-refractivity contribution in [1.29, 1.82) is 0 Å². The maximum absolute atomic E-state index is 6.25. The third kappa shape index (κ3) is 2.25. The van der Waals surface area contributed by atoms with Crippen LogP contribution in [-0.2, 0) is 12.8 Å². The lowest BCUT2D eigenvalue weighted by molar-refractivity contribution is 0.490. The number of rotatable bonds is 2. The molecule has 3 aromatic heterocycles. The van der Waals surface area contributed by atoms with E-state index in [1.807, 2.05) is 25.3 Å². The highest BCUT2D eigenvalue weighted by Crippen LogP contribution is 2.49. The smallest absolute Gasteiger partial charge is 0.190 e. The second-order valence-electron chi connectivity index (χ2n) is 5.52. The molecule has 112 valence electrons. The normalized spacial score (nSPS) is 13.4. The molecular formula is C17H16N2OS2. The van der Waals surface area contributed by atoms with Gasteiger partial charge in [-0.2, -0.15) is 0 Å². The summed E-state index contributed by atoms with van der Waals surface area (Å²) in [7, 11) is 0. The van der Waals surface area contributed by atoms with E-state index in [1.54, 1.807) is 29.1 Å². The van der Waals surface area contributed by atoms with E-state index in [0.29, 0.717) is 0 Å². The molecule has 4 rings (SSSR count). The third-order valence-corrected chi connectivity index (χ3v) is 5.97. The van der Waals surface area contributed by atoms with Crippen LogP contribution in [0.1, 0.15) is 28.1 Å². The van der Waals surface area contributed by atoms with Crippen LogP contribution in [0.15, 0.2) is 24.5 Å². The molecule has 0 radical (unpaired) electrons. The van der Waals surface area contributed by atoms with Crippen LogP contribution in [0.5, 0.6) is 10.8 Å². The molecule has 0 fully saturated rings. The van der Waals surface area contributed by atoms with Crippen molar-refractivity contribution < 1.29 is 4.74 Å². The Hall–Kier alpha value is -1.72. The minimum absolute atomic E-state index is 0.835. The van der Waals surface area contributed by atoms with Gasteiger partial charge in [0.15, 0.2) is 5.06 Å². The van der Waals surface area contributed by atoms with Gasteiger partial charge in [0.1, 0.15) is 5.75 Å². The van der Waals surface area contributed by atoms with Gasteiger partial charge in [-0.1, -0.05) is 0 Å². The molecule has 0 spiro atoms. The molecular weight excluding hydrogens is 312 g/mol. The van der Waals surface area contributed by atoms with Crippen LogP contribution >= 0.6 is 22.9 Å². The fourth-order valence-electron chi connectivity index (χ4n) is 2.93. The molecule has 0 bridgehead atoms. The zero-order valence-electron chi connectivity index (χ0n) is 12.5. The zero-order valence-corrected chi connectivity index (χ0v) is 14.2. The Bertz CT molecular complexity index is 835. The molecule has 3 aromatic rings. The first-order valence-electron chi connectivity index (χ1n) is 7.39. The molecule has 0 atom stereocenters. The lowest BCUT2D eigenvalue weighted by Crippen LogP contribution is -1.90. The highest BCUT2D eigenvalue weighted by Gasteiger charge is 2.25. The minimum Gasteiger partial charge on any atom is -0.444 e.